The largest absolute Gasteiger partial charge is 0.507 e. The van der Waals surface area contributed by atoms with Gasteiger partial charge in [0.05, 0.1) is 6.10 Å². The number of carbonyl (C=O) groups excluding carboxylic acids is 1. The van der Waals surface area contributed by atoms with E-state index in [-0.39, 0.29) is 11.4 Å². The zero-order chi connectivity index (χ0) is 12.6. The molecule has 2 amide bonds. The normalized spacial score (nSPS) is 18.7. The van der Waals surface area contributed by atoms with E-state index < -0.39 is 12.1 Å². The number of anilines is 1. The fraction of sp³-hybridized carbons (Fsp3) is 0.300. The second-order valence-electron chi connectivity index (χ2n) is 3.88. The van der Waals surface area contributed by atoms with E-state index in [0.717, 1.165) is 5.69 Å². The topological polar surface area (TPSA) is 113 Å². The number of phenols is 1. The fourth-order valence-electron chi connectivity index (χ4n) is 1.84. The van der Waals surface area contributed by atoms with Gasteiger partial charge < -0.3 is 15.1 Å². The summed E-state index contributed by atoms with van der Waals surface area (Å²) < 4.78 is 0. The Kier molecular flexibility index (Phi) is 2.68. The van der Waals surface area contributed by atoms with Gasteiger partial charge in [0.2, 0.25) is 0 Å². The number of nitrogens with zero attached hydrogens (tertiary/aromatic N) is 2. The summed E-state index contributed by atoms with van der Waals surface area (Å²) in [6, 6.07) is 2.20. The quantitative estimate of drug-likeness (QED) is 0.475. The van der Waals surface area contributed by atoms with Crippen LogP contribution in [0.3, 0.4) is 0 Å². The highest BCUT2D eigenvalue weighted by molar-refractivity contribution is 5.69. The number of β-amino-alcohol motifs (C(OH)–C–C–N with tert-alkyl or cyclic N) is 1. The molecule has 1 aromatic rings. The molecule has 0 aliphatic carbocycles. The van der Waals surface area contributed by atoms with E-state index in [0.29, 0.717) is 12.1 Å². The lowest BCUT2D eigenvalue weighted by Gasteiger charge is -2.11. The van der Waals surface area contributed by atoms with Crippen molar-refractivity contribution in [3.63, 3.8) is 0 Å². The van der Waals surface area contributed by atoms with Crippen molar-refractivity contribution in [3.8, 4) is 5.75 Å². The van der Waals surface area contributed by atoms with E-state index in [1.54, 1.807) is 0 Å². The first-order valence-corrected chi connectivity index (χ1v) is 5.01. The number of hydrogen-bond donors (Lipinski definition) is 4. The summed E-state index contributed by atoms with van der Waals surface area (Å²) in [4.78, 5) is 12.3. The van der Waals surface area contributed by atoms with Crippen molar-refractivity contribution < 1.29 is 20.1 Å². The maximum absolute atomic E-state index is 10.5. The van der Waals surface area contributed by atoms with Crippen molar-refractivity contribution in [1.82, 2.24) is 0 Å². The average Bonchev–Trinajstić information content (AvgIpc) is 2.51. The first-order valence-electron chi connectivity index (χ1n) is 5.01. The number of rotatable bonds is 1. The van der Waals surface area contributed by atoms with Crippen molar-refractivity contribution in [1.29, 1.82) is 0 Å². The Bertz CT molecular complexity index is 501. The van der Waals surface area contributed by atoms with Gasteiger partial charge in [-0.2, -0.15) is 4.79 Å². The highest BCUT2D eigenvalue weighted by Crippen LogP contribution is 2.40. The van der Waals surface area contributed by atoms with Crippen molar-refractivity contribution in [3.05, 3.63) is 17.7 Å². The number of benzene rings is 1. The van der Waals surface area contributed by atoms with Gasteiger partial charge in [0, 0.05) is 30.9 Å². The van der Waals surface area contributed by atoms with E-state index in [1.807, 2.05) is 17.1 Å². The van der Waals surface area contributed by atoms with Gasteiger partial charge in [-0.1, -0.05) is 5.11 Å². The SMILES string of the molecule is CN1C[C@@H](O)c2cc(N=[NH+]C(N)=O)c(O)cc21. The molecule has 0 unspecified atom stereocenters. The second kappa shape index (κ2) is 4.02. The summed E-state index contributed by atoms with van der Waals surface area (Å²) in [5, 5.41) is 25.1. The van der Waals surface area contributed by atoms with Crippen LogP contribution in [0.25, 0.3) is 0 Å². The number of urea groups is 1. The zero-order valence-electron chi connectivity index (χ0n) is 9.21. The first kappa shape index (κ1) is 11.3. The predicted molar refractivity (Wildman–Crippen MR) is 59.0 cm³/mol. The van der Waals surface area contributed by atoms with Crippen LogP contribution in [-0.2, 0) is 0 Å². The Morgan fingerprint density at radius 3 is 3.00 bits per heavy atom. The lowest BCUT2D eigenvalue weighted by Crippen LogP contribution is -2.73. The van der Waals surface area contributed by atoms with E-state index in [9.17, 15) is 15.0 Å². The Morgan fingerprint density at radius 2 is 2.35 bits per heavy atom. The van der Waals surface area contributed by atoms with Crippen LogP contribution in [0.15, 0.2) is 17.2 Å². The van der Waals surface area contributed by atoms with Gasteiger partial charge in [-0.25, -0.2) is 5.73 Å². The molecule has 0 saturated carbocycles. The average molecular weight is 237 g/mol. The van der Waals surface area contributed by atoms with E-state index in [4.69, 9.17) is 5.73 Å². The molecule has 0 aromatic heterocycles. The van der Waals surface area contributed by atoms with Crippen molar-refractivity contribution in [2.75, 3.05) is 18.5 Å². The van der Waals surface area contributed by atoms with Crippen LogP contribution < -0.4 is 15.7 Å². The lowest BCUT2D eigenvalue weighted by atomic mass is 10.1. The molecule has 7 heteroatoms. The second-order valence-corrected chi connectivity index (χ2v) is 3.88. The van der Waals surface area contributed by atoms with E-state index in [2.05, 4.69) is 5.11 Å². The number of nitrogens with two attached hydrogens (primary N) is 1. The minimum Gasteiger partial charge on any atom is -0.505 e. The van der Waals surface area contributed by atoms with Crippen LogP contribution in [0, 0.1) is 0 Å². The Labute approximate surface area is 97.2 Å². The molecular weight excluding hydrogens is 224 g/mol. The smallest absolute Gasteiger partial charge is 0.505 e. The summed E-state index contributed by atoms with van der Waals surface area (Å²) >= 11 is 0. The standard InChI is InChI=1S/C10H12N4O3/c1-14-4-9(16)5-2-6(12-13-10(11)17)8(15)3-7(5)14/h2-3,9,15-16H,4H2,1H3,(H2,11,17)/p+1/t9-/m1/s1. The number of primary amides is 1. The summed E-state index contributed by atoms with van der Waals surface area (Å²) in [5.74, 6) is -0.0848. The monoisotopic (exact) mass is 237 g/mol. The van der Waals surface area contributed by atoms with E-state index >= 15 is 0 Å². The molecule has 17 heavy (non-hydrogen) atoms. The molecule has 7 nitrogen and oxygen atoms in total. The van der Waals surface area contributed by atoms with Crippen LogP contribution in [0.2, 0.25) is 0 Å². The number of carbonyl (C=O) groups is 1. The number of azo groups is 1. The van der Waals surface area contributed by atoms with Gasteiger partial charge >= 0.3 is 6.03 Å². The number of aromatic hydroxyl groups is 1. The molecule has 2 rings (SSSR count). The Hall–Kier alpha value is -2.15. The molecule has 0 bridgehead atoms. The van der Waals surface area contributed by atoms with Gasteiger partial charge in [0.1, 0.15) is 11.4 Å². The Morgan fingerprint density at radius 1 is 1.65 bits per heavy atom. The molecule has 90 valence electrons. The van der Waals surface area contributed by atoms with Crippen LogP contribution >= 0.6 is 0 Å². The number of nitrogens with one attached hydrogen (secondary N) is 1. The van der Waals surface area contributed by atoms with Gasteiger partial charge in [-0.05, 0) is 6.07 Å². The molecule has 1 heterocycles. The summed E-state index contributed by atoms with van der Waals surface area (Å²) in [6.07, 6.45) is -0.627. The number of aliphatic hydroxyl groups excluding tert-OH is 1. The summed E-state index contributed by atoms with van der Waals surface area (Å²) in [6.45, 7) is 0.460. The molecule has 0 spiro atoms. The third-order valence-corrected chi connectivity index (χ3v) is 2.63. The maximum Gasteiger partial charge on any atom is 0.507 e. The van der Waals surface area contributed by atoms with Gasteiger partial charge in [0.25, 0.3) is 0 Å². The minimum absolute atomic E-state index is 0.0848. The third-order valence-electron chi connectivity index (χ3n) is 2.63. The molecule has 5 N–H and O–H groups in total. The third kappa shape index (κ3) is 2.04. The zero-order valence-corrected chi connectivity index (χ0v) is 9.21. The van der Waals surface area contributed by atoms with Crippen LogP contribution in [0.1, 0.15) is 11.7 Å². The molecule has 1 aliphatic heterocycles. The highest BCUT2D eigenvalue weighted by atomic mass is 16.3. The summed E-state index contributed by atoms with van der Waals surface area (Å²) in [5.41, 5.74) is 6.44. The molecule has 1 atom stereocenters. The molecule has 1 aromatic carbocycles. The van der Waals surface area contributed by atoms with Crippen LogP contribution in [-0.4, -0.2) is 29.8 Å². The van der Waals surface area contributed by atoms with Crippen molar-refractivity contribution >= 4 is 17.4 Å². The summed E-state index contributed by atoms with van der Waals surface area (Å²) in [7, 11) is 1.81. The molecule has 1 aliphatic rings. The van der Waals surface area contributed by atoms with Crippen LogP contribution in [0.4, 0.5) is 16.2 Å². The minimum atomic E-state index is -0.817. The van der Waals surface area contributed by atoms with Gasteiger partial charge in [-0.15, -0.1) is 5.11 Å². The van der Waals surface area contributed by atoms with E-state index in [1.165, 1.54) is 12.1 Å². The number of likely N-dealkylation sites (N-methyl/N-ethyl adjacent to an activating group) is 1. The number of amides is 2. The van der Waals surface area contributed by atoms with Crippen LogP contribution in [0.5, 0.6) is 5.75 Å². The van der Waals surface area contributed by atoms with Gasteiger partial charge in [0.15, 0.2) is 0 Å². The number of phenolic OH excluding ortho intramolecular Hbond substituents is 1. The molecule has 0 saturated heterocycles. The van der Waals surface area contributed by atoms with Crippen molar-refractivity contribution in [2.45, 2.75) is 6.10 Å². The Balaban J connectivity index is 2.44. The maximum atomic E-state index is 10.5. The number of fused-ring (bicyclic) bond motifs is 1. The predicted octanol–water partition coefficient (Wildman–Crippen LogP) is -0.882. The number of hydrogen-bond acceptors (Lipinski definition) is 5. The highest BCUT2D eigenvalue weighted by Gasteiger charge is 2.26. The number of aliphatic hydroxyl groups is 1. The lowest BCUT2D eigenvalue weighted by molar-refractivity contribution is -0.417. The first-order chi connectivity index (χ1) is 7.99. The fourth-order valence-corrected chi connectivity index (χ4v) is 1.84. The molecular formula is C10H13N4O3+. The van der Waals surface area contributed by atoms with Crippen molar-refractivity contribution in [2.24, 2.45) is 10.8 Å². The molecule has 0 fully saturated rings. The van der Waals surface area contributed by atoms with Gasteiger partial charge in [-0.3, -0.25) is 0 Å². The molecule has 0 radical (unpaired) electrons.